The molecule has 0 aliphatic rings. The first-order valence-corrected chi connectivity index (χ1v) is 7.41. The lowest BCUT2D eigenvalue weighted by Gasteiger charge is -2.17. The van der Waals surface area contributed by atoms with Gasteiger partial charge in [-0.1, -0.05) is 19.1 Å². The summed E-state index contributed by atoms with van der Waals surface area (Å²) < 4.78 is 5.59. The van der Waals surface area contributed by atoms with E-state index in [4.69, 9.17) is 10.6 Å². The van der Waals surface area contributed by atoms with Gasteiger partial charge in [0.2, 0.25) is 0 Å². The minimum atomic E-state index is 0.137. The summed E-state index contributed by atoms with van der Waals surface area (Å²) in [6.07, 6.45) is 6.56. The first kappa shape index (κ1) is 15.5. The van der Waals surface area contributed by atoms with E-state index in [0.717, 1.165) is 31.6 Å². The molecule has 0 amide bonds. The zero-order valence-electron chi connectivity index (χ0n) is 12.5. The summed E-state index contributed by atoms with van der Waals surface area (Å²) in [5.41, 5.74) is 5.34. The smallest absolute Gasteiger partial charge is 0.119 e. The number of benzene rings is 1. The van der Waals surface area contributed by atoms with E-state index in [-0.39, 0.29) is 6.04 Å². The van der Waals surface area contributed by atoms with Crippen molar-refractivity contribution in [2.45, 2.75) is 32.2 Å². The highest BCUT2D eigenvalue weighted by Crippen LogP contribution is 2.21. The van der Waals surface area contributed by atoms with Gasteiger partial charge in [0.15, 0.2) is 0 Å². The number of nitrogens with zero attached hydrogens (tertiary/aromatic N) is 1. The molecule has 0 aliphatic heterocycles. The van der Waals surface area contributed by atoms with Crippen LogP contribution in [-0.2, 0) is 6.42 Å². The molecule has 1 heterocycles. The largest absolute Gasteiger partial charge is 0.494 e. The van der Waals surface area contributed by atoms with Crippen LogP contribution in [0.3, 0.4) is 0 Å². The first-order valence-electron chi connectivity index (χ1n) is 7.41. The molecule has 1 atom stereocenters. The van der Waals surface area contributed by atoms with Crippen molar-refractivity contribution in [1.82, 2.24) is 10.4 Å². The van der Waals surface area contributed by atoms with E-state index in [1.54, 1.807) is 0 Å². The molecule has 0 saturated carbocycles. The van der Waals surface area contributed by atoms with E-state index in [0.29, 0.717) is 0 Å². The number of aromatic nitrogens is 1. The third kappa shape index (κ3) is 4.85. The third-order valence-electron chi connectivity index (χ3n) is 3.43. The molecule has 0 bridgehead atoms. The Bertz CT molecular complexity index is 513. The summed E-state index contributed by atoms with van der Waals surface area (Å²) >= 11 is 0. The van der Waals surface area contributed by atoms with Crippen LogP contribution >= 0.6 is 0 Å². The minimum absolute atomic E-state index is 0.137. The maximum absolute atomic E-state index is 5.69. The summed E-state index contributed by atoms with van der Waals surface area (Å²) in [5, 5.41) is 0. The van der Waals surface area contributed by atoms with Gasteiger partial charge in [-0.15, -0.1) is 0 Å². The molecule has 0 spiro atoms. The molecule has 0 radical (unpaired) electrons. The molecule has 0 aliphatic carbocycles. The van der Waals surface area contributed by atoms with Gasteiger partial charge < -0.3 is 4.74 Å². The first-order chi connectivity index (χ1) is 10.3. The quantitative estimate of drug-likeness (QED) is 0.578. The Hall–Kier alpha value is -1.91. The molecule has 1 unspecified atom stereocenters. The summed E-state index contributed by atoms with van der Waals surface area (Å²) in [6, 6.07) is 12.4. The standard InChI is InChI=1S/C17H23N3O/c1-2-13-21-16-6-4-15(5-7-16)17(20-18)8-3-14-9-11-19-12-10-14/h4-7,9-12,17,20H,2-3,8,13,18H2,1H3. The number of pyridine rings is 1. The third-order valence-corrected chi connectivity index (χ3v) is 3.43. The van der Waals surface area contributed by atoms with Crippen LogP contribution in [0.2, 0.25) is 0 Å². The van der Waals surface area contributed by atoms with Crippen LogP contribution in [0.1, 0.15) is 36.9 Å². The second-order valence-corrected chi connectivity index (χ2v) is 5.03. The van der Waals surface area contributed by atoms with Crippen molar-refractivity contribution in [1.29, 1.82) is 0 Å². The molecule has 2 aromatic rings. The number of nitrogens with one attached hydrogen (secondary N) is 1. The van der Waals surface area contributed by atoms with Gasteiger partial charge in [-0.3, -0.25) is 16.3 Å². The molecule has 1 aromatic heterocycles. The van der Waals surface area contributed by atoms with E-state index in [9.17, 15) is 0 Å². The number of nitrogens with two attached hydrogens (primary N) is 1. The van der Waals surface area contributed by atoms with Gasteiger partial charge in [0, 0.05) is 18.4 Å². The lowest BCUT2D eigenvalue weighted by molar-refractivity contribution is 0.317. The molecule has 21 heavy (non-hydrogen) atoms. The highest BCUT2D eigenvalue weighted by molar-refractivity contribution is 5.29. The van der Waals surface area contributed by atoms with Gasteiger partial charge >= 0.3 is 0 Å². The Kier molecular flexibility index (Phi) is 6.19. The lowest BCUT2D eigenvalue weighted by Crippen LogP contribution is -2.28. The predicted molar refractivity (Wildman–Crippen MR) is 84.9 cm³/mol. The van der Waals surface area contributed by atoms with Gasteiger partial charge in [-0.05, 0) is 54.7 Å². The molecular formula is C17H23N3O. The molecule has 0 fully saturated rings. The number of rotatable bonds is 8. The maximum atomic E-state index is 5.69. The predicted octanol–water partition coefficient (Wildman–Crippen LogP) is 3.01. The normalized spacial score (nSPS) is 12.1. The minimum Gasteiger partial charge on any atom is -0.494 e. The van der Waals surface area contributed by atoms with E-state index in [2.05, 4.69) is 29.5 Å². The summed E-state index contributed by atoms with van der Waals surface area (Å²) in [5.74, 6) is 6.60. The zero-order valence-corrected chi connectivity index (χ0v) is 12.5. The number of hydrogen-bond donors (Lipinski definition) is 2. The van der Waals surface area contributed by atoms with Crippen LogP contribution in [0, 0.1) is 0 Å². The molecule has 0 saturated heterocycles. The van der Waals surface area contributed by atoms with E-state index in [1.807, 2.05) is 36.7 Å². The molecule has 2 rings (SSSR count). The number of ether oxygens (including phenoxy) is 1. The Morgan fingerprint density at radius 3 is 2.48 bits per heavy atom. The zero-order chi connectivity index (χ0) is 14.9. The summed E-state index contributed by atoms with van der Waals surface area (Å²) in [6.45, 7) is 2.85. The molecular weight excluding hydrogens is 262 g/mol. The van der Waals surface area contributed by atoms with E-state index in [1.165, 1.54) is 11.1 Å². The Labute approximate surface area is 126 Å². The fraction of sp³-hybridized carbons (Fsp3) is 0.353. The van der Waals surface area contributed by atoms with Crippen molar-refractivity contribution in [3.63, 3.8) is 0 Å². The van der Waals surface area contributed by atoms with E-state index < -0.39 is 0 Å². The molecule has 1 aromatic carbocycles. The van der Waals surface area contributed by atoms with Crippen LogP contribution in [0.15, 0.2) is 48.8 Å². The van der Waals surface area contributed by atoms with Crippen molar-refractivity contribution < 1.29 is 4.74 Å². The van der Waals surface area contributed by atoms with Gasteiger partial charge in [-0.25, -0.2) is 0 Å². The second kappa shape index (κ2) is 8.39. The van der Waals surface area contributed by atoms with Crippen LogP contribution < -0.4 is 16.0 Å². The molecule has 3 N–H and O–H groups in total. The van der Waals surface area contributed by atoms with Crippen LogP contribution in [0.25, 0.3) is 0 Å². The maximum Gasteiger partial charge on any atom is 0.119 e. The topological polar surface area (TPSA) is 60.2 Å². The molecule has 4 nitrogen and oxygen atoms in total. The SMILES string of the molecule is CCCOc1ccc(C(CCc2ccncc2)NN)cc1. The monoisotopic (exact) mass is 285 g/mol. The lowest BCUT2D eigenvalue weighted by atomic mass is 10.00. The van der Waals surface area contributed by atoms with Gasteiger partial charge in [0.1, 0.15) is 5.75 Å². The average Bonchev–Trinajstić information content (AvgIpc) is 2.55. The van der Waals surface area contributed by atoms with Crippen molar-refractivity contribution in [2.75, 3.05) is 6.61 Å². The van der Waals surface area contributed by atoms with Crippen LogP contribution in [-0.4, -0.2) is 11.6 Å². The van der Waals surface area contributed by atoms with Crippen LogP contribution in [0.5, 0.6) is 5.75 Å². The van der Waals surface area contributed by atoms with Gasteiger partial charge in [0.25, 0.3) is 0 Å². The highest BCUT2D eigenvalue weighted by Gasteiger charge is 2.10. The fourth-order valence-corrected chi connectivity index (χ4v) is 2.22. The van der Waals surface area contributed by atoms with Gasteiger partial charge in [0.05, 0.1) is 6.61 Å². The van der Waals surface area contributed by atoms with Crippen molar-refractivity contribution >= 4 is 0 Å². The molecule has 112 valence electrons. The average molecular weight is 285 g/mol. The van der Waals surface area contributed by atoms with Crippen molar-refractivity contribution in [3.05, 3.63) is 59.9 Å². The van der Waals surface area contributed by atoms with Crippen LogP contribution in [0.4, 0.5) is 0 Å². The van der Waals surface area contributed by atoms with Crippen molar-refractivity contribution in [2.24, 2.45) is 5.84 Å². The molecule has 4 heteroatoms. The van der Waals surface area contributed by atoms with E-state index >= 15 is 0 Å². The second-order valence-electron chi connectivity index (χ2n) is 5.03. The number of aryl methyl sites for hydroxylation is 1. The highest BCUT2D eigenvalue weighted by atomic mass is 16.5. The summed E-state index contributed by atoms with van der Waals surface area (Å²) in [7, 11) is 0. The number of hydrogen-bond acceptors (Lipinski definition) is 4. The van der Waals surface area contributed by atoms with Gasteiger partial charge in [-0.2, -0.15) is 0 Å². The summed E-state index contributed by atoms with van der Waals surface area (Å²) in [4.78, 5) is 4.03. The Morgan fingerprint density at radius 1 is 1.14 bits per heavy atom. The van der Waals surface area contributed by atoms with Crippen molar-refractivity contribution in [3.8, 4) is 5.75 Å². The fourth-order valence-electron chi connectivity index (χ4n) is 2.22. The Morgan fingerprint density at radius 2 is 1.86 bits per heavy atom. The Balaban J connectivity index is 1.94. The number of hydrazine groups is 1.